The lowest BCUT2D eigenvalue weighted by Gasteiger charge is -2.15. The summed E-state index contributed by atoms with van der Waals surface area (Å²) in [6.45, 7) is 1.87. The number of nitrogens with two attached hydrogens (primary N) is 1. The van der Waals surface area contributed by atoms with Gasteiger partial charge < -0.3 is 10.5 Å². The molecule has 1 aromatic rings. The first kappa shape index (κ1) is 13.6. The molecule has 0 unspecified atom stereocenters. The van der Waals surface area contributed by atoms with Crippen molar-refractivity contribution in [1.29, 1.82) is 0 Å². The number of rotatable bonds is 4. The second kappa shape index (κ2) is 4.40. The number of benzene rings is 1. The van der Waals surface area contributed by atoms with E-state index in [4.69, 9.17) is 10.5 Å². The Hall–Kier alpha value is -0.790. The first-order valence-corrected chi connectivity index (χ1v) is 7.72. The molecule has 1 aromatic carbocycles. The average Bonchev–Trinajstić information content (AvgIpc) is 2.98. The lowest BCUT2D eigenvalue weighted by molar-refractivity contribution is 0.402. The zero-order chi connectivity index (χ0) is 13.6. The zero-order valence-electron chi connectivity index (χ0n) is 10.2. The van der Waals surface area contributed by atoms with Crippen molar-refractivity contribution in [3.05, 3.63) is 16.6 Å². The Bertz CT molecular complexity index is 582. The summed E-state index contributed by atoms with van der Waals surface area (Å²) >= 11 is 3.24. The van der Waals surface area contributed by atoms with E-state index in [0.29, 0.717) is 10.2 Å². The van der Waals surface area contributed by atoms with E-state index in [0.717, 1.165) is 12.8 Å². The Morgan fingerprint density at radius 1 is 1.44 bits per heavy atom. The molecule has 0 amide bonds. The third-order valence-corrected chi connectivity index (χ3v) is 5.30. The van der Waals surface area contributed by atoms with Crippen LogP contribution in [-0.4, -0.2) is 21.1 Å². The molecule has 0 aliphatic heterocycles. The van der Waals surface area contributed by atoms with Crippen LogP contribution in [-0.2, 0) is 10.0 Å². The Kier molecular flexibility index (Phi) is 3.33. The SMILES string of the molecule is COc1cc(Br)c(N)cc1S(=O)(=O)NC1(C)CC1. The Labute approximate surface area is 115 Å². The number of methoxy groups -OCH3 is 1. The van der Waals surface area contributed by atoms with E-state index < -0.39 is 10.0 Å². The van der Waals surface area contributed by atoms with E-state index in [2.05, 4.69) is 20.7 Å². The average molecular weight is 335 g/mol. The fourth-order valence-corrected chi connectivity index (χ4v) is 3.56. The Morgan fingerprint density at radius 2 is 2.06 bits per heavy atom. The van der Waals surface area contributed by atoms with E-state index >= 15 is 0 Å². The van der Waals surface area contributed by atoms with Crippen LogP contribution in [0.4, 0.5) is 5.69 Å². The minimum Gasteiger partial charge on any atom is -0.495 e. The molecule has 1 aliphatic carbocycles. The third-order valence-electron chi connectivity index (χ3n) is 2.95. The monoisotopic (exact) mass is 334 g/mol. The molecule has 7 heteroatoms. The first-order chi connectivity index (χ1) is 8.27. The van der Waals surface area contributed by atoms with Crippen LogP contribution in [0.2, 0.25) is 0 Å². The molecule has 2 rings (SSSR count). The van der Waals surface area contributed by atoms with Crippen molar-refractivity contribution in [2.24, 2.45) is 0 Å². The van der Waals surface area contributed by atoms with Gasteiger partial charge >= 0.3 is 0 Å². The highest BCUT2D eigenvalue weighted by Crippen LogP contribution is 2.38. The summed E-state index contributed by atoms with van der Waals surface area (Å²) in [5, 5.41) is 0. The maximum Gasteiger partial charge on any atom is 0.244 e. The predicted octanol–water partition coefficient (Wildman–Crippen LogP) is 1.87. The third kappa shape index (κ3) is 2.62. The van der Waals surface area contributed by atoms with Crippen LogP contribution in [0.1, 0.15) is 19.8 Å². The summed E-state index contributed by atoms with van der Waals surface area (Å²) in [4.78, 5) is 0.0684. The minimum atomic E-state index is -3.61. The van der Waals surface area contributed by atoms with Crippen LogP contribution < -0.4 is 15.2 Å². The highest BCUT2D eigenvalue weighted by Gasteiger charge is 2.42. The van der Waals surface area contributed by atoms with Gasteiger partial charge in [-0.05, 0) is 47.8 Å². The topological polar surface area (TPSA) is 81.4 Å². The van der Waals surface area contributed by atoms with Crippen molar-refractivity contribution in [3.8, 4) is 5.75 Å². The van der Waals surface area contributed by atoms with Gasteiger partial charge in [0, 0.05) is 15.7 Å². The van der Waals surface area contributed by atoms with Crippen molar-refractivity contribution >= 4 is 31.6 Å². The molecule has 0 spiro atoms. The lowest BCUT2D eigenvalue weighted by Crippen LogP contribution is -2.34. The van der Waals surface area contributed by atoms with Crippen LogP contribution in [0.3, 0.4) is 0 Å². The molecule has 0 heterocycles. The van der Waals surface area contributed by atoms with Crippen LogP contribution >= 0.6 is 15.9 Å². The smallest absolute Gasteiger partial charge is 0.244 e. The molecule has 5 nitrogen and oxygen atoms in total. The van der Waals surface area contributed by atoms with Gasteiger partial charge in [-0.15, -0.1) is 0 Å². The maximum atomic E-state index is 12.3. The van der Waals surface area contributed by atoms with Crippen molar-refractivity contribution in [3.63, 3.8) is 0 Å². The molecule has 1 fully saturated rings. The Morgan fingerprint density at radius 3 is 2.56 bits per heavy atom. The van der Waals surface area contributed by atoms with Crippen LogP contribution in [0.15, 0.2) is 21.5 Å². The second-order valence-corrected chi connectivity index (χ2v) is 7.20. The minimum absolute atomic E-state index is 0.0684. The molecule has 1 saturated carbocycles. The molecular weight excluding hydrogens is 320 g/mol. The predicted molar refractivity (Wildman–Crippen MR) is 73.1 cm³/mol. The summed E-state index contributed by atoms with van der Waals surface area (Å²) in [6, 6.07) is 2.95. The van der Waals surface area contributed by atoms with Gasteiger partial charge in [0.2, 0.25) is 10.0 Å². The number of nitrogens with one attached hydrogen (secondary N) is 1. The molecule has 0 bridgehead atoms. The molecule has 100 valence electrons. The zero-order valence-corrected chi connectivity index (χ0v) is 12.6. The maximum absolute atomic E-state index is 12.3. The lowest BCUT2D eigenvalue weighted by atomic mass is 10.3. The largest absolute Gasteiger partial charge is 0.495 e. The molecule has 3 N–H and O–H groups in total. The van der Waals surface area contributed by atoms with Gasteiger partial charge in [-0.25, -0.2) is 13.1 Å². The van der Waals surface area contributed by atoms with E-state index in [1.165, 1.54) is 13.2 Å². The van der Waals surface area contributed by atoms with E-state index in [1.807, 2.05) is 6.92 Å². The second-order valence-electron chi connectivity index (χ2n) is 4.69. The summed E-state index contributed by atoms with van der Waals surface area (Å²) in [6.07, 6.45) is 1.70. The van der Waals surface area contributed by atoms with E-state index in [-0.39, 0.29) is 16.2 Å². The Balaban J connectivity index is 2.46. The summed E-state index contributed by atoms with van der Waals surface area (Å²) in [7, 11) is -2.19. The highest BCUT2D eigenvalue weighted by molar-refractivity contribution is 9.10. The summed E-state index contributed by atoms with van der Waals surface area (Å²) in [5.41, 5.74) is 5.76. The van der Waals surface area contributed by atoms with Crippen molar-refractivity contribution in [1.82, 2.24) is 4.72 Å². The number of hydrogen-bond donors (Lipinski definition) is 2. The van der Waals surface area contributed by atoms with E-state index in [9.17, 15) is 8.42 Å². The van der Waals surface area contributed by atoms with Crippen molar-refractivity contribution < 1.29 is 13.2 Å². The summed E-state index contributed by atoms with van der Waals surface area (Å²) in [5.74, 6) is 0.271. The fraction of sp³-hybridized carbons (Fsp3) is 0.455. The highest BCUT2D eigenvalue weighted by atomic mass is 79.9. The van der Waals surface area contributed by atoms with Gasteiger partial charge in [-0.2, -0.15) is 0 Å². The first-order valence-electron chi connectivity index (χ1n) is 5.44. The fourth-order valence-electron chi connectivity index (χ4n) is 1.59. The summed E-state index contributed by atoms with van der Waals surface area (Å²) < 4.78 is 32.9. The number of nitrogen functional groups attached to an aromatic ring is 1. The molecule has 18 heavy (non-hydrogen) atoms. The van der Waals surface area contributed by atoms with Gasteiger partial charge in [0.25, 0.3) is 0 Å². The van der Waals surface area contributed by atoms with Crippen LogP contribution in [0.5, 0.6) is 5.75 Å². The number of halogens is 1. The normalized spacial score (nSPS) is 17.5. The van der Waals surface area contributed by atoms with Crippen molar-refractivity contribution in [2.45, 2.75) is 30.2 Å². The van der Waals surface area contributed by atoms with Gasteiger partial charge in [0.05, 0.1) is 7.11 Å². The van der Waals surface area contributed by atoms with Crippen molar-refractivity contribution in [2.75, 3.05) is 12.8 Å². The van der Waals surface area contributed by atoms with Gasteiger partial charge in [0.1, 0.15) is 10.6 Å². The van der Waals surface area contributed by atoms with Gasteiger partial charge in [-0.1, -0.05) is 0 Å². The van der Waals surface area contributed by atoms with E-state index in [1.54, 1.807) is 6.07 Å². The molecular formula is C11H15BrN2O3S. The molecule has 0 aromatic heterocycles. The van der Waals surface area contributed by atoms with Gasteiger partial charge in [0.15, 0.2) is 0 Å². The van der Waals surface area contributed by atoms with Crippen LogP contribution in [0, 0.1) is 0 Å². The number of ether oxygens (including phenoxy) is 1. The number of anilines is 1. The molecule has 1 aliphatic rings. The van der Waals surface area contributed by atoms with Gasteiger partial charge in [-0.3, -0.25) is 0 Å². The number of hydrogen-bond acceptors (Lipinski definition) is 4. The quantitative estimate of drug-likeness (QED) is 0.823. The standard InChI is InChI=1S/C11H15BrN2O3S/c1-11(3-4-11)14-18(15,16)10-6-8(13)7(12)5-9(10)17-2/h5-6,14H,3-4,13H2,1-2H3. The molecule has 0 radical (unpaired) electrons. The molecule has 0 saturated heterocycles. The number of sulfonamides is 1. The van der Waals surface area contributed by atoms with Crippen LogP contribution in [0.25, 0.3) is 0 Å². The molecule has 0 atom stereocenters.